The zero-order chi connectivity index (χ0) is 22.1. The van der Waals surface area contributed by atoms with Crippen molar-refractivity contribution in [3.8, 4) is 5.75 Å². The predicted molar refractivity (Wildman–Crippen MR) is 104 cm³/mol. The first-order chi connectivity index (χ1) is 14.0. The lowest BCUT2D eigenvalue weighted by atomic mass is 10.1. The van der Waals surface area contributed by atoms with Gasteiger partial charge in [-0.25, -0.2) is 4.39 Å². The van der Waals surface area contributed by atoms with Crippen molar-refractivity contribution in [3.05, 3.63) is 65.5 Å². The van der Waals surface area contributed by atoms with Gasteiger partial charge in [0.25, 0.3) is 0 Å². The van der Waals surface area contributed by atoms with Crippen molar-refractivity contribution in [1.29, 1.82) is 0 Å². The Hall–Kier alpha value is -2.31. The molecule has 30 heavy (non-hydrogen) atoms. The number of alkyl halides is 3. The van der Waals surface area contributed by atoms with Gasteiger partial charge in [-0.1, -0.05) is 36.0 Å². The molecule has 0 amide bonds. The molecule has 0 spiro atoms. The van der Waals surface area contributed by atoms with E-state index in [1.54, 1.807) is 19.1 Å². The van der Waals surface area contributed by atoms with E-state index in [0.717, 1.165) is 17.7 Å². The van der Waals surface area contributed by atoms with Crippen LogP contribution in [0.25, 0.3) is 0 Å². The lowest BCUT2D eigenvalue weighted by Gasteiger charge is -2.13. The molecule has 3 atom stereocenters. The number of aliphatic hydroxyl groups is 1. The molecule has 2 unspecified atom stereocenters. The van der Waals surface area contributed by atoms with Crippen molar-refractivity contribution in [2.75, 3.05) is 0 Å². The number of hydrogen-bond acceptors (Lipinski definition) is 6. The Kier molecular flexibility index (Phi) is 6.29. The molecule has 1 heterocycles. The number of halogens is 4. The standard InChI is InChI=1S/C18H16F4N2O4S2/c1-10(11-2-6-13(19)7-3-11)23-17-24-16(25)15(29-17)12-4-8-14(9-5-12)28-30(26,27)18(20,21)22/h2-10,15-16,25H,1H3,(H,23,24)/t10-,15?,16?/m0/s1. The van der Waals surface area contributed by atoms with E-state index in [0.29, 0.717) is 10.7 Å². The summed E-state index contributed by atoms with van der Waals surface area (Å²) in [7, 11) is -5.75. The number of hydrogen-bond donors (Lipinski definition) is 2. The van der Waals surface area contributed by atoms with Gasteiger partial charge in [0.2, 0.25) is 0 Å². The molecule has 2 aromatic rings. The number of nitrogens with zero attached hydrogens (tertiary/aromatic N) is 1. The van der Waals surface area contributed by atoms with Gasteiger partial charge >= 0.3 is 15.6 Å². The van der Waals surface area contributed by atoms with Gasteiger partial charge in [-0.05, 0) is 42.3 Å². The average Bonchev–Trinajstić information content (AvgIpc) is 3.01. The van der Waals surface area contributed by atoms with E-state index in [9.17, 15) is 31.1 Å². The molecule has 0 bridgehead atoms. The smallest absolute Gasteiger partial charge is 0.376 e. The van der Waals surface area contributed by atoms with Crippen LogP contribution in [-0.4, -0.2) is 30.4 Å². The zero-order valence-electron chi connectivity index (χ0n) is 15.3. The summed E-state index contributed by atoms with van der Waals surface area (Å²) >= 11 is 1.20. The number of rotatable bonds is 5. The molecule has 0 aliphatic carbocycles. The van der Waals surface area contributed by atoms with Gasteiger partial charge in [0.05, 0.1) is 11.3 Å². The van der Waals surface area contributed by atoms with Crippen LogP contribution in [0.3, 0.4) is 0 Å². The fraction of sp³-hybridized carbons (Fsp3) is 0.278. The largest absolute Gasteiger partial charge is 0.534 e. The van der Waals surface area contributed by atoms with E-state index < -0.39 is 32.9 Å². The van der Waals surface area contributed by atoms with E-state index in [-0.39, 0.29) is 11.9 Å². The summed E-state index contributed by atoms with van der Waals surface area (Å²) in [6, 6.07) is 10.4. The predicted octanol–water partition coefficient (Wildman–Crippen LogP) is 3.87. The first-order valence-electron chi connectivity index (χ1n) is 8.51. The summed E-state index contributed by atoms with van der Waals surface area (Å²) in [6.07, 6.45) is -1.03. The second kappa shape index (κ2) is 8.44. The van der Waals surface area contributed by atoms with Crippen LogP contribution in [0.5, 0.6) is 5.75 Å². The lowest BCUT2D eigenvalue weighted by Crippen LogP contribution is -2.28. The van der Waals surface area contributed by atoms with Crippen LogP contribution >= 0.6 is 11.8 Å². The van der Waals surface area contributed by atoms with Gasteiger partial charge in [0, 0.05) is 0 Å². The van der Waals surface area contributed by atoms with Crippen LogP contribution < -0.4 is 9.50 Å². The van der Waals surface area contributed by atoms with Crippen molar-refractivity contribution in [2.24, 2.45) is 4.99 Å². The Balaban J connectivity index is 1.70. The van der Waals surface area contributed by atoms with Crippen LogP contribution in [-0.2, 0) is 10.1 Å². The number of amidine groups is 1. The summed E-state index contributed by atoms with van der Waals surface area (Å²) in [6.45, 7) is 1.80. The van der Waals surface area contributed by atoms with Gasteiger partial charge in [0.15, 0.2) is 5.17 Å². The third kappa shape index (κ3) is 5.05. The number of benzene rings is 2. The number of aliphatic hydroxyl groups excluding tert-OH is 1. The molecule has 1 aliphatic heterocycles. The summed E-state index contributed by atoms with van der Waals surface area (Å²) in [5.41, 5.74) is -4.23. The zero-order valence-corrected chi connectivity index (χ0v) is 16.9. The number of thioether (sulfide) groups is 1. The second-order valence-electron chi connectivity index (χ2n) is 6.34. The molecular formula is C18H16F4N2O4S2. The van der Waals surface area contributed by atoms with Crippen LogP contribution in [0, 0.1) is 5.82 Å². The maximum atomic E-state index is 13.0. The molecule has 1 aliphatic rings. The van der Waals surface area contributed by atoms with E-state index in [1.807, 2.05) is 0 Å². The first-order valence-corrected chi connectivity index (χ1v) is 10.8. The minimum Gasteiger partial charge on any atom is -0.376 e. The Morgan fingerprint density at radius 1 is 1.13 bits per heavy atom. The topological polar surface area (TPSA) is 88.0 Å². The van der Waals surface area contributed by atoms with Gasteiger partial charge in [0.1, 0.15) is 17.8 Å². The molecule has 2 aromatic carbocycles. The molecule has 2 N–H and O–H groups in total. The molecule has 1 fully saturated rings. The maximum absolute atomic E-state index is 13.0. The molecule has 1 saturated heterocycles. The van der Waals surface area contributed by atoms with Crippen LogP contribution in [0.2, 0.25) is 0 Å². The Labute approximate surface area is 174 Å². The van der Waals surface area contributed by atoms with Gasteiger partial charge in [-0.3, -0.25) is 4.99 Å². The molecule has 3 rings (SSSR count). The summed E-state index contributed by atoms with van der Waals surface area (Å²) in [5, 5.41) is 13.0. The van der Waals surface area contributed by atoms with E-state index >= 15 is 0 Å². The lowest BCUT2D eigenvalue weighted by molar-refractivity contribution is -0.0500. The highest BCUT2D eigenvalue weighted by molar-refractivity contribution is 8.14. The van der Waals surface area contributed by atoms with E-state index in [1.165, 1.54) is 36.0 Å². The molecular weight excluding hydrogens is 448 g/mol. The highest BCUT2D eigenvalue weighted by Crippen LogP contribution is 2.38. The van der Waals surface area contributed by atoms with Gasteiger partial charge in [-0.2, -0.15) is 21.6 Å². The maximum Gasteiger partial charge on any atom is 0.534 e. The monoisotopic (exact) mass is 464 g/mol. The van der Waals surface area contributed by atoms with Crippen LogP contribution in [0.15, 0.2) is 53.5 Å². The van der Waals surface area contributed by atoms with Crippen molar-refractivity contribution in [3.63, 3.8) is 0 Å². The van der Waals surface area contributed by atoms with E-state index in [4.69, 9.17) is 0 Å². The van der Waals surface area contributed by atoms with Crippen molar-refractivity contribution < 1.29 is 35.3 Å². The summed E-state index contributed by atoms with van der Waals surface area (Å²) < 4.78 is 76.4. The third-order valence-corrected chi connectivity index (χ3v) is 6.37. The Morgan fingerprint density at radius 3 is 2.30 bits per heavy atom. The number of nitrogens with one attached hydrogen (secondary N) is 1. The Morgan fingerprint density at radius 2 is 1.73 bits per heavy atom. The highest BCUT2D eigenvalue weighted by atomic mass is 32.2. The summed E-state index contributed by atoms with van der Waals surface area (Å²) in [4.78, 5) is 4.45. The normalized spacial score (nSPS) is 22.0. The molecule has 0 aromatic heterocycles. The quantitative estimate of drug-likeness (QED) is 0.397. The Bertz CT molecular complexity index is 1030. The molecule has 162 valence electrons. The average molecular weight is 464 g/mol. The minimum absolute atomic E-state index is 0.310. The molecule has 0 saturated carbocycles. The minimum atomic E-state index is -5.75. The van der Waals surface area contributed by atoms with Crippen LogP contribution in [0.4, 0.5) is 17.6 Å². The fourth-order valence-corrected chi connectivity index (χ4v) is 4.22. The van der Waals surface area contributed by atoms with Gasteiger partial charge < -0.3 is 14.6 Å². The van der Waals surface area contributed by atoms with E-state index in [2.05, 4.69) is 14.5 Å². The van der Waals surface area contributed by atoms with Crippen molar-refractivity contribution in [2.45, 2.75) is 30.0 Å². The summed E-state index contributed by atoms with van der Waals surface area (Å²) in [5.74, 6) is -0.863. The molecule has 12 heteroatoms. The van der Waals surface area contributed by atoms with Crippen LogP contribution in [0.1, 0.15) is 29.3 Å². The molecule has 6 nitrogen and oxygen atoms in total. The number of aliphatic imine (C=N–C) groups is 1. The SMILES string of the molecule is C[C@H](N=C1NC(O)C(c2ccc(OS(=O)(=O)C(F)(F)F)cc2)S1)c1ccc(F)cc1. The van der Waals surface area contributed by atoms with Crippen molar-refractivity contribution in [1.82, 2.24) is 5.32 Å². The first kappa shape index (κ1) is 22.4. The van der Waals surface area contributed by atoms with Gasteiger partial charge in [-0.15, -0.1) is 0 Å². The highest BCUT2D eigenvalue weighted by Gasteiger charge is 2.48. The fourth-order valence-electron chi connectivity index (χ4n) is 2.62. The van der Waals surface area contributed by atoms with Crippen molar-refractivity contribution >= 4 is 27.0 Å². The molecule has 0 radical (unpaired) electrons. The third-order valence-electron chi connectivity index (χ3n) is 4.16. The second-order valence-corrected chi connectivity index (χ2v) is 9.01.